The topological polar surface area (TPSA) is 70.0 Å². The van der Waals surface area contributed by atoms with Crippen molar-refractivity contribution in [2.24, 2.45) is 0 Å². The van der Waals surface area contributed by atoms with E-state index in [0.717, 1.165) is 43.2 Å². The average Bonchev–Trinajstić information content (AvgIpc) is 3.60. The van der Waals surface area contributed by atoms with Crippen LogP contribution >= 0.6 is 22.9 Å². The molecule has 0 amide bonds. The van der Waals surface area contributed by atoms with Crippen LogP contribution in [0.2, 0.25) is 5.02 Å². The summed E-state index contributed by atoms with van der Waals surface area (Å²) >= 11 is 7.83. The second kappa shape index (κ2) is 9.47. The average molecular weight is 506 g/mol. The molecule has 1 aliphatic rings. The smallest absolute Gasteiger partial charge is 0.230 e. The Labute approximate surface area is 211 Å². The maximum atomic E-state index is 11.2. The fourth-order valence-electron chi connectivity index (χ4n) is 4.66. The molecule has 9 heteroatoms. The lowest BCUT2D eigenvalue weighted by atomic mass is 10.0. The highest BCUT2D eigenvalue weighted by Gasteiger charge is 2.32. The Morgan fingerprint density at radius 3 is 2.54 bits per heavy atom. The maximum absolute atomic E-state index is 11.2. The zero-order valence-corrected chi connectivity index (χ0v) is 20.5. The second-order valence-electron chi connectivity index (χ2n) is 8.65. The SMILES string of the molecule is Oc1c([C@H](c2cccc(Cl)c2)N2CCN(Cc3ccccc3)CC2)sc2nc(-c3ccco3)nn12. The molecule has 1 N–H and O–H groups in total. The molecule has 0 spiro atoms. The molecule has 178 valence electrons. The molecule has 2 aromatic carbocycles. The van der Waals surface area contributed by atoms with Gasteiger partial charge in [-0.05, 0) is 35.4 Å². The van der Waals surface area contributed by atoms with Gasteiger partial charge in [-0.25, -0.2) is 0 Å². The van der Waals surface area contributed by atoms with Gasteiger partial charge < -0.3 is 9.52 Å². The molecule has 6 rings (SSSR count). The van der Waals surface area contributed by atoms with Crippen molar-refractivity contribution in [1.29, 1.82) is 0 Å². The van der Waals surface area contributed by atoms with Gasteiger partial charge >= 0.3 is 0 Å². The number of piperazine rings is 1. The second-order valence-corrected chi connectivity index (χ2v) is 10.1. The summed E-state index contributed by atoms with van der Waals surface area (Å²) in [5, 5.41) is 16.4. The third kappa shape index (κ3) is 4.46. The first kappa shape index (κ1) is 22.3. The predicted octanol–water partition coefficient (Wildman–Crippen LogP) is 5.32. The monoisotopic (exact) mass is 505 g/mol. The molecule has 4 heterocycles. The van der Waals surface area contributed by atoms with Crippen LogP contribution in [0.5, 0.6) is 5.88 Å². The van der Waals surface area contributed by atoms with Gasteiger partial charge in [-0.3, -0.25) is 9.80 Å². The molecule has 0 aliphatic carbocycles. The highest BCUT2D eigenvalue weighted by molar-refractivity contribution is 7.17. The molecule has 0 saturated carbocycles. The number of nitrogens with zero attached hydrogens (tertiary/aromatic N) is 5. The van der Waals surface area contributed by atoms with E-state index < -0.39 is 0 Å². The van der Waals surface area contributed by atoms with Gasteiger partial charge in [-0.2, -0.15) is 9.50 Å². The van der Waals surface area contributed by atoms with Crippen LogP contribution in [0, 0.1) is 0 Å². The van der Waals surface area contributed by atoms with Gasteiger partial charge in [-0.15, -0.1) is 5.10 Å². The highest BCUT2D eigenvalue weighted by Crippen LogP contribution is 2.41. The Morgan fingerprint density at radius 2 is 1.83 bits per heavy atom. The van der Waals surface area contributed by atoms with Gasteiger partial charge in [0.05, 0.1) is 17.2 Å². The number of benzene rings is 2. The fourth-order valence-corrected chi connectivity index (χ4v) is 5.98. The van der Waals surface area contributed by atoms with Crippen LogP contribution in [-0.2, 0) is 6.54 Å². The molecule has 0 unspecified atom stereocenters. The zero-order valence-electron chi connectivity index (χ0n) is 18.9. The zero-order chi connectivity index (χ0) is 23.8. The first-order chi connectivity index (χ1) is 17.2. The molecule has 5 aromatic rings. The number of hydrogen-bond donors (Lipinski definition) is 1. The van der Waals surface area contributed by atoms with E-state index in [0.29, 0.717) is 21.6 Å². The van der Waals surface area contributed by atoms with Crippen LogP contribution in [0.3, 0.4) is 0 Å². The van der Waals surface area contributed by atoms with Crippen LogP contribution in [0.15, 0.2) is 77.4 Å². The van der Waals surface area contributed by atoms with E-state index in [1.807, 2.05) is 24.3 Å². The summed E-state index contributed by atoms with van der Waals surface area (Å²) in [6, 6.07) is 21.9. The number of aromatic hydroxyl groups is 1. The minimum absolute atomic E-state index is 0.104. The van der Waals surface area contributed by atoms with Crippen molar-refractivity contribution in [1.82, 2.24) is 24.4 Å². The lowest BCUT2D eigenvalue weighted by Crippen LogP contribution is -2.47. The Morgan fingerprint density at radius 1 is 1.00 bits per heavy atom. The first-order valence-corrected chi connectivity index (χ1v) is 12.7. The third-order valence-corrected chi connectivity index (χ3v) is 7.68. The summed E-state index contributed by atoms with van der Waals surface area (Å²) in [6.07, 6.45) is 1.59. The van der Waals surface area contributed by atoms with Crippen molar-refractivity contribution in [3.63, 3.8) is 0 Å². The molecule has 1 aliphatic heterocycles. The molecule has 1 fully saturated rings. The van der Waals surface area contributed by atoms with E-state index in [1.54, 1.807) is 18.4 Å². The van der Waals surface area contributed by atoms with E-state index in [9.17, 15) is 5.11 Å². The number of fused-ring (bicyclic) bond motifs is 1. The van der Waals surface area contributed by atoms with Crippen LogP contribution in [0.4, 0.5) is 0 Å². The normalized spacial score (nSPS) is 16.1. The lowest BCUT2D eigenvalue weighted by molar-refractivity contribution is 0.105. The van der Waals surface area contributed by atoms with Crippen molar-refractivity contribution < 1.29 is 9.52 Å². The van der Waals surface area contributed by atoms with Crippen LogP contribution in [-0.4, -0.2) is 55.7 Å². The number of halogens is 1. The third-order valence-electron chi connectivity index (χ3n) is 6.38. The van der Waals surface area contributed by atoms with E-state index in [4.69, 9.17) is 16.0 Å². The van der Waals surface area contributed by atoms with Gasteiger partial charge in [0, 0.05) is 37.7 Å². The van der Waals surface area contributed by atoms with Gasteiger partial charge in [-0.1, -0.05) is 65.4 Å². The molecular formula is C26H24ClN5O2S. The van der Waals surface area contributed by atoms with Crippen LogP contribution < -0.4 is 0 Å². The molecular weight excluding hydrogens is 482 g/mol. The van der Waals surface area contributed by atoms with Gasteiger partial charge in [0.25, 0.3) is 0 Å². The maximum Gasteiger partial charge on any atom is 0.230 e. The Kier molecular flexibility index (Phi) is 6.03. The quantitative estimate of drug-likeness (QED) is 0.337. The van der Waals surface area contributed by atoms with E-state index >= 15 is 0 Å². The van der Waals surface area contributed by atoms with Gasteiger partial charge in [0.2, 0.25) is 16.7 Å². The molecule has 0 radical (unpaired) electrons. The van der Waals surface area contributed by atoms with E-state index in [-0.39, 0.29) is 11.9 Å². The van der Waals surface area contributed by atoms with Crippen molar-refractivity contribution in [3.05, 3.63) is 94.0 Å². The van der Waals surface area contributed by atoms with E-state index in [1.165, 1.54) is 21.4 Å². The number of hydrogen-bond acceptors (Lipinski definition) is 7. The number of rotatable bonds is 6. The molecule has 1 atom stereocenters. The first-order valence-electron chi connectivity index (χ1n) is 11.5. The van der Waals surface area contributed by atoms with E-state index in [2.05, 4.69) is 50.2 Å². The highest BCUT2D eigenvalue weighted by atomic mass is 35.5. The molecule has 1 saturated heterocycles. The van der Waals surface area contributed by atoms with Gasteiger partial charge in [0.15, 0.2) is 5.76 Å². The van der Waals surface area contributed by atoms with Gasteiger partial charge in [0.1, 0.15) is 0 Å². The number of aromatic nitrogens is 3. The molecule has 0 bridgehead atoms. The van der Waals surface area contributed by atoms with Crippen molar-refractivity contribution >= 4 is 27.9 Å². The van der Waals surface area contributed by atoms with Crippen LogP contribution in [0.1, 0.15) is 22.0 Å². The summed E-state index contributed by atoms with van der Waals surface area (Å²) in [7, 11) is 0. The summed E-state index contributed by atoms with van der Waals surface area (Å²) in [5.41, 5.74) is 2.36. The summed E-state index contributed by atoms with van der Waals surface area (Å²) < 4.78 is 6.92. The Hall–Kier alpha value is -3.17. The molecule has 7 nitrogen and oxygen atoms in total. The number of furan rings is 1. The van der Waals surface area contributed by atoms with Crippen molar-refractivity contribution in [2.45, 2.75) is 12.6 Å². The number of thiazole rings is 1. The minimum Gasteiger partial charge on any atom is -0.492 e. The van der Waals surface area contributed by atoms with Crippen molar-refractivity contribution in [2.75, 3.05) is 26.2 Å². The molecule has 3 aromatic heterocycles. The van der Waals surface area contributed by atoms with Crippen molar-refractivity contribution in [3.8, 4) is 17.5 Å². The Balaban J connectivity index is 1.30. The summed E-state index contributed by atoms with van der Waals surface area (Å²) in [5.74, 6) is 1.13. The predicted molar refractivity (Wildman–Crippen MR) is 137 cm³/mol. The minimum atomic E-state index is -0.145. The standard InChI is InChI=1S/C26H24ClN5O2S/c27-20-9-4-8-19(16-20)22(31-13-11-30(12-14-31)17-18-6-2-1-3-7-18)23-25(33)32-26(35-23)28-24(29-32)21-10-5-15-34-21/h1-10,15-16,22,33H,11-14,17H2/t22-/m0/s1. The Bertz CT molecular complexity index is 1430. The largest absolute Gasteiger partial charge is 0.492 e. The lowest BCUT2D eigenvalue weighted by Gasteiger charge is -2.39. The summed E-state index contributed by atoms with van der Waals surface area (Å²) in [6.45, 7) is 4.56. The van der Waals surface area contributed by atoms with Crippen LogP contribution in [0.25, 0.3) is 16.5 Å². The summed E-state index contributed by atoms with van der Waals surface area (Å²) in [4.78, 5) is 10.9. The fraction of sp³-hybridized carbons (Fsp3) is 0.231. The molecule has 35 heavy (non-hydrogen) atoms.